The maximum absolute atomic E-state index is 13.1. The minimum Gasteiger partial charge on any atom is -0.491 e. The highest BCUT2D eigenvalue weighted by atomic mass is 16.6. The number of ether oxygens (including phenoxy) is 6. The van der Waals surface area contributed by atoms with Gasteiger partial charge in [-0.25, -0.2) is 14.4 Å². The van der Waals surface area contributed by atoms with Crippen molar-refractivity contribution in [3.05, 3.63) is 97.1 Å². The summed E-state index contributed by atoms with van der Waals surface area (Å²) in [6, 6.07) is 25.7. The second kappa shape index (κ2) is 20.7. The molecule has 4 heterocycles. The monoisotopic (exact) mass is 714 g/mol. The Kier molecular flexibility index (Phi) is 14.9. The Balaban J connectivity index is 1.19. The predicted octanol–water partition coefficient (Wildman–Crippen LogP) is 6.46. The van der Waals surface area contributed by atoms with Gasteiger partial charge in [0.2, 0.25) is 0 Å². The van der Waals surface area contributed by atoms with Crippen molar-refractivity contribution in [1.82, 2.24) is 0 Å². The number of anilines is 6. The third kappa shape index (κ3) is 13.1. The molecule has 4 bridgehead atoms. The molecular weight excluding hydrogens is 672 g/mol. The Morgan fingerprint density at radius 3 is 0.904 bits per heavy atom. The standard InChI is InChI=1S/C37H42N6O9/c44-35-38-27-9-13-29(14-10-27)51-25-23-49-21-19-47-17-18-48-20-22-50-24-26-52-30-15-11-28(12-16-30)39-36(45)41-32-6-2-4-8-34(32)43-37(46)42-33-7-3-1-5-31(33)40-35/h1-16H,17-26H2,(H2,38,40,44)(H2,39,41,45)(H2,42,43,46). The Bertz CT molecular complexity index is 1600. The van der Waals surface area contributed by atoms with Gasteiger partial charge in [0, 0.05) is 11.4 Å². The Morgan fingerprint density at radius 2 is 0.596 bits per heavy atom. The third-order valence-corrected chi connectivity index (χ3v) is 7.18. The van der Waals surface area contributed by atoms with Gasteiger partial charge in [-0.15, -0.1) is 0 Å². The summed E-state index contributed by atoms with van der Waals surface area (Å²) in [7, 11) is 0. The van der Waals surface area contributed by atoms with Crippen LogP contribution in [-0.4, -0.2) is 84.2 Å². The number of hydrogen-bond donors (Lipinski definition) is 6. The molecule has 0 unspecified atom stereocenters. The maximum Gasteiger partial charge on any atom is 0.323 e. The smallest absolute Gasteiger partial charge is 0.323 e. The van der Waals surface area contributed by atoms with Gasteiger partial charge in [0.1, 0.15) is 24.7 Å². The summed E-state index contributed by atoms with van der Waals surface area (Å²) in [6.45, 7) is 4.10. The number of urea groups is 3. The first-order chi connectivity index (χ1) is 25.5. The zero-order chi connectivity index (χ0) is 36.2. The van der Waals surface area contributed by atoms with E-state index < -0.39 is 18.1 Å². The minimum absolute atomic E-state index is 0.350. The van der Waals surface area contributed by atoms with Gasteiger partial charge >= 0.3 is 18.1 Å². The quantitative estimate of drug-likeness (QED) is 0.119. The summed E-state index contributed by atoms with van der Waals surface area (Å²) in [5.41, 5.74) is 2.50. The molecule has 0 spiro atoms. The molecule has 6 amide bonds. The van der Waals surface area contributed by atoms with Gasteiger partial charge < -0.3 is 60.3 Å². The molecule has 15 heteroatoms. The summed E-state index contributed by atoms with van der Waals surface area (Å²) in [4.78, 5) is 38.7. The lowest BCUT2D eigenvalue weighted by atomic mass is 10.2. The first-order valence-corrected chi connectivity index (χ1v) is 16.7. The molecule has 4 aromatic rings. The van der Waals surface area contributed by atoms with E-state index in [1.807, 2.05) is 0 Å². The number of hydrogen-bond acceptors (Lipinski definition) is 9. The van der Waals surface area contributed by atoms with E-state index in [2.05, 4.69) is 31.9 Å². The normalized spacial score (nSPS) is 16.3. The second-order valence-electron chi connectivity index (χ2n) is 11.0. The number of carbonyl (C=O) groups is 3. The second-order valence-corrected chi connectivity index (χ2v) is 11.0. The minimum atomic E-state index is -0.591. The average molecular weight is 715 g/mol. The van der Waals surface area contributed by atoms with Crippen LogP contribution < -0.4 is 41.4 Å². The van der Waals surface area contributed by atoms with E-state index in [1.54, 1.807) is 97.1 Å². The molecular formula is C37H42N6O9. The summed E-state index contributed by atoms with van der Waals surface area (Å²) in [5, 5.41) is 16.5. The van der Waals surface area contributed by atoms with Crippen LogP contribution >= 0.6 is 0 Å². The lowest BCUT2D eigenvalue weighted by Crippen LogP contribution is -2.24. The molecule has 4 aliphatic heterocycles. The zero-order valence-corrected chi connectivity index (χ0v) is 28.5. The molecule has 0 aromatic heterocycles. The Morgan fingerprint density at radius 1 is 0.327 bits per heavy atom. The van der Waals surface area contributed by atoms with E-state index in [1.165, 1.54) is 0 Å². The van der Waals surface area contributed by atoms with E-state index in [0.717, 1.165) is 0 Å². The van der Waals surface area contributed by atoms with Crippen LogP contribution in [0.25, 0.3) is 0 Å². The first-order valence-electron chi connectivity index (χ1n) is 16.7. The van der Waals surface area contributed by atoms with Gasteiger partial charge in [-0.2, -0.15) is 0 Å². The number of benzene rings is 4. The molecule has 0 saturated heterocycles. The van der Waals surface area contributed by atoms with Crippen molar-refractivity contribution >= 4 is 52.2 Å². The predicted molar refractivity (Wildman–Crippen MR) is 198 cm³/mol. The van der Waals surface area contributed by atoms with Crippen LogP contribution in [0.15, 0.2) is 97.1 Å². The molecule has 15 nitrogen and oxygen atoms in total. The van der Waals surface area contributed by atoms with Crippen molar-refractivity contribution < 1.29 is 42.8 Å². The summed E-state index contributed by atoms with van der Waals surface area (Å²) < 4.78 is 33.6. The molecule has 4 aromatic carbocycles. The van der Waals surface area contributed by atoms with E-state index in [-0.39, 0.29) is 0 Å². The summed E-state index contributed by atoms with van der Waals surface area (Å²) in [6.07, 6.45) is 0. The van der Waals surface area contributed by atoms with Gasteiger partial charge in [-0.05, 0) is 72.8 Å². The van der Waals surface area contributed by atoms with Gasteiger partial charge in [-0.1, -0.05) is 24.3 Å². The average Bonchev–Trinajstić information content (AvgIpc) is 3.14. The SMILES string of the molecule is O=C1Nc2ccc(cc2)OCCOCCOCCOCCOCCOc2ccc(cc2)NC(=O)Nc2ccccc2NC(=O)Nc2ccccc2N1. The van der Waals surface area contributed by atoms with Crippen LogP contribution in [0.5, 0.6) is 11.5 Å². The maximum atomic E-state index is 13.1. The summed E-state index contributed by atoms with van der Waals surface area (Å²) >= 11 is 0. The van der Waals surface area contributed by atoms with Crippen LogP contribution in [0.3, 0.4) is 0 Å². The van der Waals surface area contributed by atoms with Crippen molar-refractivity contribution in [3.63, 3.8) is 0 Å². The Hall–Kier alpha value is -5.87. The fraction of sp³-hybridized carbons (Fsp3) is 0.270. The van der Waals surface area contributed by atoms with Crippen LogP contribution in [0.2, 0.25) is 0 Å². The van der Waals surface area contributed by atoms with Crippen LogP contribution in [0, 0.1) is 0 Å². The molecule has 0 atom stereocenters. The highest BCUT2D eigenvalue weighted by Gasteiger charge is 2.13. The van der Waals surface area contributed by atoms with Crippen molar-refractivity contribution in [2.75, 3.05) is 98.0 Å². The lowest BCUT2D eigenvalue weighted by molar-refractivity contribution is -0.00698. The van der Waals surface area contributed by atoms with Gasteiger partial charge in [0.25, 0.3) is 0 Å². The van der Waals surface area contributed by atoms with E-state index in [4.69, 9.17) is 28.4 Å². The zero-order valence-electron chi connectivity index (χ0n) is 28.5. The molecule has 6 N–H and O–H groups in total. The van der Waals surface area contributed by atoms with Crippen LogP contribution in [-0.2, 0) is 18.9 Å². The van der Waals surface area contributed by atoms with Crippen molar-refractivity contribution in [3.8, 4) is 11.5 Å². The van der Waals surface area contributed by atoms with E-state index in [0.29, 0.717) is 112 Å². The molecule has 274 valence electrons. The number of nitrogens with one attached hydrogen (secondary N) is 6. The number of amides is 6. The Labute approximate surface area is 301 Å². The molecule has 52 heavy (non-hydrogen) atoms. The van der Waals surface area contributed by atoms with Gasteiger partial charge in [0.05, 0.1) is 75.6 Å². The fourth-order valence-corrected chi connectivity index (χ4v) is 4.72. The lowest BCUT2D eigenvalue weighted by Gasteiger charge is -2.16. The largest absolute Gasteiger partial charge is 0.491 e. The number of carbonyl (C=O) groups excluding carboxylic acids is 3. The topological polar surface area (TPSA) is 179 Å². The number of rotatable bonds is 0. The van der Waals surface area contributed by atoms with Crippen molar-refractivity contribution in [2.45, 2.75) is 0 Å². The van der Waals surface area contributed by atoms with Crippen LogP contribution in [0.1, 0.15) is 0 Å². The highest BCUT2D eigenvalue weighted by Crippen LogP contribution is 2.25. The van der Waals surface area contributed by atoms with Gasteiger partial charge in [0.15, 0.2) is 0 Å². The van der Waals surface area contributed by atoms with Crippen LogP contribution in [0.4, 0.5) is 48.5 Å². The highest BCUT2D eigenvalue weighted by molar-refractivity contribution is 6.08. The van der Waals surface area contributed by atoms with Gasteiger partial charge in [-0.3, -0.25) is 0 Å². The van der Waals surface area contributed by atoms with Crippen molar-refractivity contribution in [1.29, 1.82) is 0 Å². The molecule has 0 radical (unpaired) electrons. The molecule has 4 aliphatic rings. The first kappa shape index (κ1) is 37.4. The summed E-state index contributed by atoms with van der Waals surface area (Å²) in [5.74, 6) is 1.24. The van der Waals surface area contributed by atoms with Crippen molar-refractivity contribution in [2.24, 2.45) is 0 Å². The third-order valence-electron chi connectivity index (χ3n) is 7.18. The van der Waals surface area contributed by atoms with E-state index in [9.17, 15) is 14.4 Å². The fourth-order valence-electron chi connectivity index (χ4n) is 4.72. The molecule has 0 saturated carbocycles. The molecule has 0 aliphatic carbocycles. The molecule has 0 fully saturated rings. The van der Waals surface area contributed by atoms with E-state index >= 15 is 0 Å². The number of para-hydroxylation sites is 4. The molecule has 8 rings (SSSR count).